The number of aromatic amines is 1. The van der Waals surface area contributed by atoms with Crippen molar-refractivity contribution < 1.29 is 4.79 Å². The fourth-order valence-electron chi connectivity index (χ4n) is 1.04. The van der Waals surface area contributed by atoms with Crippen LogP contribution in [-0.2, 0) is 4.79 Å². The highest BCUT2D eigenvalue weighted by molar-refractivity contribution is 7.99. The van der Waals surface area contributed by atoms with E-state index in [1.54, 1.807) is 6.92 Å². The molecule has 5 N–H and O–H groups in total. The summed E-state index contributed by atoms with van der Waals surface area (Å²) in [5.74, 6) is 0.0579. The molecule has 16 heavy (non-hydrogen) atoms. The molecule has 1 unspecified atom stereocenters. The van der Waals surface area contributed by atoms with Crippen molar-refractivity contribution >= 4 is 17.7 Å². The summed E-state index contributed by atoms with van der Waals surface area (Å²) in [6.45, 7) is 1.74. The molecule has 1 aromatic rings. The van der Waals surface area contributed by atoms with E-state index in [2.05, 4.69) is 9.97 Å². The Morgan fingerprint density at radius 2 is 2.38 bits per heavy atom. The lowest BCUT2D eigenvalue weighted by atomic mass is 10.2. The number of primary amides is 1. The Balaban J connectivity index is 2.49. The van der Waals surface area contributed by atoms with Crippen LogP contribution in [0.1, 0.15) is 12.1 Å². The topological polar surface area (TPSA) is 115 Å². The Hall–Kier alpha value is -1.34. The molecular weight excluding hydrogens is 228 g/mol. The number of carbonyl (C=O) groups excluding carboxylic acids is 1. The molecule has 1 aromatic heterocycles. The monoisotopic (exact) mass is 242 g/mol. The van der Waals surface area contributed by atoms with Gasteiger partial charge in [0.25, 0.3) is 5.56 Å². The van der Waals surface area contributed by atoms with Crippen LogP contribution in [0, 0.1) is 6.92 Å². The van der Waals surface area contributed by atoms with Crippen molar-refractivity contribution in [2.24, 2.45) is 11.5 Å². The third-order valence-electron chi connectivity index (χ3n) is 1.88. The standard InChI is InChI=1S/C9H14N4O2S/c1-5-4-7(14)13-9(12-5)16-3-2-6(10)8(11)15/h4,6H,2-3,10H2,1H3,(H2,11,15)(H,12,13,14). The molecular formula is C9H14N4O2S. The molecule has 88 valence electrons. The zero-order valence-corrected chi connectivity index (χ0v) is 9.71. The minimum atomic E-state index is -0.649. The highest BCUT2D eigenvalue weighted by Crippen LogP contribution is 2.12. The predicted octanol–water partition coefficient (Wildman–Crippen LogP) is -0.627. The number of rotatable bonds is 5. The average molecular weight is 242 g/mol. The van der Waals surface area contributed by atoms with E-state index in [4.69, 9.17) is 11.5 Å². The van der Waals surface area contributed by atoms with Crippen LogP contribution in [0.3, 0.4) is 0 Å². The number of H-pyrrole nitrogens is 1. The van der Waals surface area contributed by atoms with Gasteiger partial charge in [0.2, 0.25) is 5.91 Å². The Morgan fingerprint density at radius 3 is 2.94 bits per heavy atom. The van der Waals surface area contributed by atoms with Gasteiger partial charge in [-0.1, -0.05) is 11.8 Å². The summed E-state index contributed by atoms with van der Waals surface area (Å²) < 4.78 is 0. The van der Waals surface area contributed by atoms with Gasteiger partial charge in [0.15, 0.2) is 5.16 Å². The zero-order valence-electron chi connectivity index (χ0n) is 8.90. The van der Waals surface area contributed by atoms with Crippen LogP contribution in [-0.4, -0.2) is 27.7 Å². The Bertz CT molecular complexity index is 432. The zero-order chi connectivity index (χ0) is 12.1. The van der Waals surface area contributed by atoms with E-state index in [1.807, 2.05) is 0 Å². The van der Waals surface area contributed by atoms with Crippen molar-refractivity contribution in [1.82, 2.24) is 9.97 Å². The van der Waals surface area contributed by atoms with Gasteiger partial charge in [-0.15, -0.1) is 0 Å². The molecule has 0 aliphatic carbocycles. The summed E-state index contributed by atoms with van der Waals surface area (Å²) in [5.41, 5.74) is 10.9. The molecule has 1 rings (SSSR count). The molecule has 1 atom stereocenters. The van der Waals surface area contributed by atoms with Crippen molar-refractivity contribution in [3.8, 4) is 0 Å². The molecule has 1 amide bonds. The van der Waals surface area contributed by atoms with Gasteiger partial charge < -0.3 is 16.5 Å². The summed E-state index contributed by atoms with van der Waals surface area (Å²) >= 11 is 1.34. The van der Waals surface area contributed by atoms with E-state index in [9.17, 15) is 9.59 Å². The van der Waals surface area contributed by atoms with Crippen LogP contribution in [0.15, 0.2) is 16.0 Å². The smallest absolute Gasteiger partial charge is 0.251 e. The predicted molar refractivity (Wildman–Crippen MR) is 62.1 cm³/mol. The van der Waals surface area contributed by atoms with Crippen molar-refractivity contribution in [3.63, 3.8) is 0 Å². The first-order valence-corrected chi connectivity index (χ1v) is 5.73. The van der Waals surface area contributed by atoms with Crippen LogP contribution >= 0.6 is 11.8 Å². The van der Waals surface area contributed by atoms with E-state index in [1.165, 1.54) is 17.8 Å². The first kappa shape index (κ1) is 12.7. The summed E-state index contributed by atoms with van der Waals surface area (Å²) in [6, 6.07) is 0.767. The van der Waals surface area contributed by atoms with E-state index >= 15 is 0 Å². The van der Waals surface area contributed by atoms with Crippen LogP contribution in [0.5, 0.6) is 0 Å². The van der Waals surface area contributed by atoms with Crippen LogP contribution < -0.4 is 17.0 Å². The molecule has 0 radical (unpaired) electrons. The van der Waals surface area contributed by atoms with E-state index in [0.717, 1.165) is 0 Å². The second-order valence-corrected chi connectivity index (χ2v) is 4.42. The SMILES string of the molecule is Cc1cc(=O)[nH]c(SCCC(N)C(N)=O)n1. The second kappa shape index (κ2) is 5.66. The normalized spacial score (nSPS) is 12.4. The van der Waals surface area contributed by atoms with Gasteiger partial charge >= 0.3 is 0 Å². The quantitative estimate of drug-likeness (QED) is 0.470. The third-order valence-corrected chi connectivity index (χ3v) is 2.79. The lowest BCUT2D eigenvalue weighted by Gasteiger charge is -2.06. The lowest BCUT2D eigenvalue weighted by molar-refractivity contribution is -0.119. The van der Waals surface area contributed by atoms with E-state index in [0.29, 0.717) is 23.0 Å². The number of aryl methyl sites for hydroxylation is 1. The number of nitrogens with zero attached hydrogens (tertiary/aromatic N) is 1. The van der Waals surface area contributed by atoms with Crippen molar-refractivity contribution in [1.29, 1.82) is 0 Å². The summed E-state index contributed by atoms with van der Waals surface area (Å²) in [7, 11) is 0. The first-order chi connectivity index (χ1) is 7.49. The van der Waals surface area contributed by atoms with Crippen molar-refractivity contribution in [2.75, 3.05) is 5.75 Å². The van der Waals surface area contributed by atoms with Gasteiger partial charge in [-0.25, -0.2) is 4.98 Å². The second-order valence-electron chi connectivity index (χ2n) is 3.34. The lowest BCUT2D eigenvalue weighted by Crippen LogP contribution is -2.36. The summed E-state index contributed by atoms with van der Waals surface area (Å²) in [5, 5.41) is 0.529. The third kappa shape index (κ3) is 4.03. The van der Waals surface area contributed by atoms with Gasteiger partial charge in [0, 0.05) is 17.5 Å². The first-order valence-electron chi connectivity index (χ1n) is 4.74. The van der Waals surface area contributed by atoms with E-state index < -0.39 is 11.9 Å². The Labute approximate surface area is 96.8 Å². The van der Waals surface area contributed by atoms with Crippen molar-refractivity contribution in [2.45, 2.75) is 24.5 Å². The highest BCUT2D eigenvalue weighted by Gasteiger charge is 2.09. The van der Waals surface area contributed by atoms with Gasteiger partial charge in [0.05, 0.1) is 6.04 Å². The molecule has 6 nitrogen and oxygen atoms in total. The molecule has 0 aliphatic rings. The molecule has 7 heteroatoms. The molecule has 1 heterocycles. The number of amides is 1. The van der Waals surface area contributed by atoms with Gasteiger partial charge in [-0.05, 0) is 13.3 Å². The number of nitrogens with two attached hydrogens (primary N) is 2. The minimum Gasteiger partial charge on any atom is -0.368 e. The fraction of sp³-hybridized carbons (Fsp3) is 0.444. The number of nitrogens with one attached hydrogen (secondary N) is 1. The van der Waals surface area contributed by atoms with Gasteiger partial charge in [-0.2, -0.15) is 0 Å². The summed E-state index contributed by atoms with van der Waals surface area (Å²) in [6.07, 6.45) is 0.456. The Kier molecular flexibility index (Phi) is 4.51. The molecule has 0 spiro atoms. The highest BCUT2D eigenvalue weighted by atomic mass is 32.2. The molecule has 0 fully saturated rings. The van der Waals surface area contributed by atoms with Crippen LogP contribution in [0.2, 0.25) is 0 Å². The average Bonchev–Trinajstić information content (AvgIpc) is 2.15. The van der Waals surface area contributed by atoms with Crippen LogP contribution in [0.4, 0.5) is 0 Å². The Morgan fingerprint density at radius 1 is 1.69 bits per heavy atom. The molecule has 0 saturated heterocycles. The number of aromatic nitrogens is 2. The summed E-state index contributed by atoms with van der Waals surface area (Å²) in [4.78, 5) is 28.5. The fourth-order valence-corrected chi connectivity index (χ4v) is 1.99. The maximum atomic E-state index is 11.1. The molecule has 0 aromatic carbocycles. The van der Waals surface area contributed by atoms with Crippen LogP contribution in [0.25, 0.3) is 0 Å². The number of hydrogen-bond donors (Lipinski definition) is 3. The molecule has 0 saturated carbocycles. The molecule has 0 aliphatic heterocycles. The largest absolute Gasteiger partial charge is 0.368 e. The number of hydrogen-bond acceptors (Lipinski definition) is 5. The maximum absolute atomic E-state index is 11.1. The van der Waals surface area contributed by atoms with Crippen molar-refractivity contribution in [3.05, 3.63) is 22.1 Å². The van der Waals surface area contributed by atoms with Gasteiger partial charge in [-0.3, -0.25) is 9.59 Å². The van der Waals surface area contributed by atoms with Gasteiger partial charge in [0.1, 0.15) is 0 Å². The van der Waals surface area contributed by atoms with E-state index in [-0.39, 0.29) is 5.56 Å². The number of thioether (sulfide) groups is 1. The maximum Gasteiger partial charge on any atom is 0.251 e. The minimum absolute atomic E-state index is 0.186. The number of carbonyl (C=O) groups is 1. The molecule has 0 bridgehead atoms.